The predicted octanol–water partition coefficient (Wildman–Crippen LogP) is 2.66. The van der Waals surface area contributed by atoms with E-state index >= 15 is 0 Å². The Morgan fingerprint density at radius 1 is 1.07 bits per heavy atom. The summed E-state index contributed by atoms with van der Waals surface area (Å²) in [6.07, 6.45) is 1.55. The molecular formula is C22H27FN4O2. The van der Waals surface area contributed by atoms with Gasteiger partial charge in [-0.3, -0.25) is 4.79 Å². The highest BCUT2D eigenvalue weighted by molar-refractivity contribution is 5.93. The summed E-state index contributed by atoms with van der Waals surface area (Å²) in [5, 5.41) is 0. The van der Waals surface area contributed by atoms with Crippen LogP contribution in [-0.2, 0) is 0 Å². The highest BCUT2D eigenvalue weighted by atomic mass is 19.1. The van der Waals surface area contributed by atoms with E-state index in [2.05, 4.69) is 21.8 Å². The molecule has 2 saturated heterocycles. The molecule has 2 fully saturated rings. The Balaban J connectivity index is 1.40. The molecule has 7 heteroatoms. The SMILES string of the molecule is CN1CCCN(c2cccc(C(=O)N3CCC(Oc4ccccc4F)C3)n2)CC1. The van der Waals surface area contributed by atoms with E-state index in [-0.39, 0.29) is 23.6 Å². The van der Waals surface area contributed by atoms with Crippen molar-refractivity contribution in [2.75, 3.05) is 51.2 Å². The lowest BCUT2D eigenvalue weighted by molar-refractivity contribution is 0.0766. The number of carbonyl (C=O) groups is 1. The zero-order chi connectivity index (χ0) is 20.2. The van der Waals surface area contributed by atoms with Crippen molar-refractivity contribution >= 4 is 11.7 Å². The fourth-order valence-electron chi connectivity index (χ4n) is 3.88. The van der Waals surface area contributed by atoms with E-state index in [0.29, 0.717) is 25.2 Å². The molecule has 1 aromatic heterocycles. The number of amides is 1. The Labute approximate surface area is 170 Å². The summed E-state index contributed by atoms with van der Waals surface area (Å²) in [4.78, 5) is 23.9. The molecule has 2 aliphatic heterocycles. The van der Waals surface area contributed by atoms with Gasteiger partial charge in [-0.25, -0.2) is 9.37 Å². The molecule has 3 heterocycles. The molecule has 0 saturated carbocycles. The Morgan fingerprint density at radius 3 is 2.79 bits per heavy atom. The molecule has 2 aromatic rings. The average molecular weight is 398 g/mol. The highest BCUT2D eigenvalue weighted by Crippen LogP contribution is 2.23. The molecule has 154 valence electrons. The first-order chi connectivity index (χ1) is 14.1. The van der Waals surface area contributed by atoms with Crippen LogP contribution in [0.1, 0.15) is 23.3 Å². The minimum Gasteiger partial charge on any atom is -0.485 e. The number of aromatic nitrogens is 1. The quantitative estimate of drug-likeness (QED) is 0.793. The second-order valence-electron chi connectivity index (χ2n) is 7.74. The fourth-order valence-corrected chi connectivity index (χ4v) is 3.88. The van der Waals surface area contributed by atoms with Gasteiger partial charge in [0.2, 0.25) is 0 Å². The number of likely N-dealkylation sites (tertiary alicyclic amines) is 1. The van der Waals surface area contributed by atoms with Crippen molar-refractivity contribution < 1.29 is 13.9 Å². The number of rotatable bonds is 4. The van der Waals surface area contributed by atoms with E-state index in [0.717, 1.165) is 38.4 Å². The maximum atomic E-state index is 13.8. The number of likely N-dealkylation sites (N-methyl/N-ethyl adjacent to an activating group) is 1. The van der Waals surface area contributed by atoms with Gasteiger partial charge in [-0.2, -0.15) is 0 Å². The zero-order valence-corrected chi connectivity index (χ0v) is 16.8. The van der Waals surface area contributed by atoms with Gasteiger partial charge in [-0.05, 0) is 44.3 Å². The molecule has 0 aliphatic carbocycles. The van der Waals surface area contributed by atoms with Gasteiger partial charge in [0.25, 0.3) is 5.91 Å². The molecule has 0 spiro atoms. The third-order valence-electron chi connectivity index (χ3n) is 5.56. The Morgan fingerprint density at radius 2 is 1.93 bits per heavy atom. The van der Waals surface area contributed by atoms with Gasteiger partial charge in [0.05, 0.1) is 6.54 Å². The molecule has 4 rings (SSSR count). The normalized spacial score (nSPS) is 20.6. The van der Waals surface area contributed by atoms with Crippen LogP contribution in [0.5, 0.6) is 5.75 Å². The number of nitrogens with zero attached hydrogens (tertiary/aromatic N) is 4. The van der Waals surface area contributed by atoms with Crippen LogP contribution in [0, 0.1) is 5.82 Å². The standard InChI is InChI=1S/C22H27FN4O2/c1-25-11-5-12-26(15-14-25)21-9-4-7-19(24-21)22(28)27-13-10-17(16-27)29-20-8-3-2-6-18(20)23/h2-4,6-9,17H,5,10-16H2,1H3. The van der Waals surface area contributed by atoms with Gasteiger partial charge in [-0.15, -0.1) is 0 Å². The first-order valence-electron chi connectivity index (χ1n) is 10.2. The summed E-state index contributed by atoms with van der Waals surface area (Å²) in [6, 6.07) is 12.0. The summed E-state index contributed by atoms with van der Waals surface area (Å²) < 4.78 is 19.6. The molecule has 29 heavy (non-hydrogen) atoms. The lowest BCUT2D eigenvalue weighted by atomic mass is 10.3. The van der Waals surface area contributed by atoms with E-state index < -0.39 is 0 Å². The van der Waals surface area contributed by atoms with Gasteiger partial charge in [0.1, 0.15) is 17.6 Å². The monoisotopic (exact) mass is 398 g/mol. The summed E-state index contributed by atoms with van der Waals surface area (Å²) in [7, 11) is 2.13. The van der Waals surface area contributed by atoms with Gasteiger partial charge in [0.15, 0.2) is 11.6 Å². The van der Waals surface area contributed by atoms with Gasteiger partial charge >= 0.3 is 0 Å². The number of para-hydroxylation sites is 1. The van der Waals surface area contributed by atoms with Gasteiger partial charge in [0, 0.05) is 32.6 Å². The minimum absolute atomic E-state index is 0.0987. The van der Waals surface area contributed by atoms with E-state index in [1.54, 1.807) is 29.2 Å². The molecule has 0 N–H and O–H groups in total. The van der Waals surface area contributed by atoms with E-state index in [9.17, 15) is 9.18 Å². The van der Waals surface area contributed by atoms with Crippen LogP contribution in [0.25, 0.3) is 0 Å². The molecule has 2 aliphatic rings. The largest absolute Gasteiger partial charge is 0.485 e. The van der Waals surface area contributed by atoms with Crippen LogP contribution in [0.4, 0.5) is 10.2 Å². The fraction of sp³-hybridized carbons (Fsp3) is 0.455. The molecule has 1 unspecified atom stereocenters. The zero-order valence-electron chi connectivity index (χ0n) is 16.8. The molecule has 6 nitrogen and oxygen atoms in total. The van der Waals surface area contributed by atoms with Crippen LogP contribution in [0.15, 0.2) is 42.5 Å². The number of ether oxygens (including phenoxy) is 1. The third-order valence-corrected chi connectivity index (χ3v) is 5.56. The van der Waals surface area contributed by atoms with Crippen molar-refractivity contribution in [2.45, 2.75) is 18.9 Å². The molecule has 0 bridgehead atoms. The highest BCUT2D eigenvalue weighted by Gasteiger charge is 2.29. The molecule has 1 aromatic carbocycles. The number of hydrogen-bond donors (Lipinski definition) is 0. The number of anilines is 1. The van der Waals surface area contributed by atoms with E-state index in [1.165, 1.54) is 6.07 Å². The maximum absolute atomic E-state index is 13.8. The van der Waals surface area contributed by atoms with Gasteiger partial charge < -0.3 is 19.4 Å². The number of pyridine rings is 1. The summed E-state index contributed by atoms with van der Waals surface area (Å²) in [5.74, 6) is 0.607. The van der Waals surface area contributed by atoms with Crippen molar-refractivity contribution in [1.82, 2.24) is 14.8 Å². The summed E-state index contributed by atoms with van der Waals surface area (Å²) in [5.41, 5.74) is 0.451. The van der Waals surface area contributed by atoms with Crippen molar-refractivity contribution in [2.24, 2.45) is 0 Å². The number of benzene rings is 1. The Hall–Kier alpha value is -2.67. The lowest BCUT2D eigenvalue weighted by Gasteiger charge is -2.23. The lowest BCUT2D eigenvalue weighted by Crippen LogP contribution is -2.33. The van der Waals surface area contributed by atoms with Crippen molar-refractivity contribution in [3.8, 4) is 5.75 Å². The minimum atomic E-state index is -0.380. The topological polar surface area (TPSA) is 48.9 Å². The Bertz CT molecular complexity index is 862. The predicted molar refractivity (Wildman–Crippen MR) is 110 cm³/mol. The van der Waals surface area contributed by atoms with Crippen LogP contribution in [-0.4, -0.2) is 73.1 Å². The number of halogens is 1. The van der Waals surface area contributed by atoms with E-state index in [1.807, 2.05) is 12.1 Å². The van der Waals surface area contributed by atoms with Crippen LogP contribution < -0.4 is 9.64 Å². The van der Waals surface area contributed by atoms with Crippen LogP contribution in [0.3, 0.4) is 0 Å². The number of carbonyl (C=O) groups excluding carboxylic acids is 1. The Kier molecular flexibility index (Phi) is 5.94. The molecule has 1 amide bonds. The molecule has 0 radical (unpaired) electrons. The average Bonchev–Trinajstić information content (AvgIpc) is 3.09. The first kappa shape index (κ1) is 19.6. The van der Waals surface area contributed by atoms with Crippen molar-refractivity contribution in [3.05, 3.63) is 54.0 Å². The maximum Gasteiger partial charge on any atom is 0.272 e. The molecule has 1 atom stereocenters. The van der Waals surface area contributed by atoms with Crippen molar-refractivity contribution in [1.29, 1.82) is 0 Å². The molecular weight excluding hydrogens is 371 g/mol. The van der Waals surface area contributed by atoms with Crippen LogP contribution >= 0.6 is 0 Å². The second-order valence-corrected chi connectivity index (χ2v) is 7.74. The second kappa shape index (κ2) is 8.78. The van der Waals surface area contributed by atoms with Crippen LogP contribution in [0.2, 0.25) is 0 Å². The smallest absolute Gasteiger partial charge is 0.272 e. The van der Waals surface area contributed by atoms with E-state index in [4.69, 9.17) is 4.74 Å². The summed E-state index contributed by atoms with van der Waals surface area (Å²) in [6.45, 7) is 4.93. The number of hydrogen-bond acceptors (Lipinski definition) is 5. The first-order valence-corrected chi connectivity index (χ1v) is 10.2. The van der Waals surface area contributed by atoms with Gasteiger partial charge in [-0.1, -0.05) is 18.2 Å². The summed E-state index contributed by atoms with van der Waals surface area (Å²) >= 11 is 0. The van der Waals surface area contributed by atoms with Crippen molar-refractivity contribution in [3.63, 3.8) is 0 Å². The third kappa shape index (κ3) is 4.67.